The van der Waals surface area contributed by atoms with Gasteiger partial charge in [0.2, 0.25) is 6.73 Å². The molecule has 5 heterocycles. The number of esters is 1. The third kappa shape index (κ3) is 6.30. The van der Waals surface area contributed by atoms with E-state index >= 15 is 0 Å². The van der Waals surface area contributed by atoms with E-state index in [4.69, 9.17) is 14.7 Å². The van der Waals surface area contributed by atoms with Gasteiger partial charge >= 0.3 is 5.97 Å². The predicted octanol–water partition coefficient (Wildman–Crippen LogP) is 7.50. The number of nitrogens with one attached hydrogen (secondary N) is 2. The van der Waals surface area contributed by atoms with Gasteiger partial charge in [0.15, 0.2) is 0 Å². The van der Waals surface area contributed by atoms with Crippen LogP contribution in [0.15, 0.2) is 30.8 Å². The highest BCUT2D eigenvalue weighted by atomic mass is 16.5. The summed E-state index contributed by atoms with van der Waals surface area (Å²) in [6.45, 7) is 17.6. The Morgan fingerprint density at radius 2 is 1.51 bits per heavy atom. The summed E-state index contributed by atoms with van der Waals surface area (Å²) in [5.74, 6) is -0.265. The molecule has 236 valence electrons. The monoisotopic (exact) mass is 608 g/mol. The molecule has 0 unspecified atom stereocenters. The quantitative estimate of drug-likeness (QED) is 0.133. The number of H-pyrrole nitrogens is 2. The second-order valence-electron chi connectivity index (χ2n) is 12.8. The molecule has 45 heavy (non-hydrogen) atoms. The lowest BCUT2D eigenvalue weighted by Crippen LogP contribution is -2.44. The normalized spacial score (nSPS) is 13.5. The topological polar surface area (TPSA) is 104 Å². The van der Waals surface area contributed by atoms with Crippen LogP contribution < -0.4 is 0 Å². The average Bonchev–Trinajstić information content (AvgIpc) is 3.69. The molecule has 8 bridgehead atoms. The molecule has 3 aromatic rings. The van der Waals surface area contributed by atoms with E-state index in [-0.39, 0.29) is 25.7 Å². The number of carbonyl (C=O) groups excluding carboxylic acids is 1. The summed E-state index contributed by atoms with van der Waals surface area (Å²) in [4.78, 5) is 30.4. The first-order valence-electron chi connectivity index (χ1n) is 15.7. The third-order valence-electron chi connectivity index (χ3n) is 9.18. The van der Waals surface area contributed by atoms with Gasteiger partial charge in [0.05, 0.1) is 43.5 Å². The Bertz CT molecular complexity index is 1920. The molecule has 3 N–H and O–H groups in total. The Kier molecular flexibility index (Phi) is 9.01. The zero-order valence-corrected chi connectivity index (χ0v) is 27.9. The summed E-state index contributed by atoms with van der Waals surface area (Å²) in [5.41, 5.74) is 16.4. The first-order chi connectivity index (χ1) is 21.4. The predicted molar refractivity (Wildman–Crippen MR) is 185 cm³/mol. The fraction of sp³-hybridized carbons (Fsp3) is 0.378. The number of nitrogens with zero attached hydrogens (tertiary/aromatic N) is 3. The number of carbonyl (C=O) groups is 1. The molecule has 0 saturated heterocycles. The van der Waals surface area contributed by atoms with Crippen molar-refractivity contribution in [3.05, 3.63) is 75.9 Å². The van der Waals surface area contributed by atoms with Crippen LogP contribution in [0.1, 0.15) is 85.1 Å². The van der Waals surface area contributed by atoms with Crippen molar-refractivity contribution in [1.82, 2.24) is 19.9 Å². The number of likely N-dealkylation sites (N-methyl/N-ethyl adjacent to an activating group) is 1. The van der Waals surface area contributed by atoms with Crippen LogP contribution in [0.5, 0.6) is 0 Å². The van der Waals surface area contributed by atoms with Crippen LogP contribution in [-0.2, 0) is 9.53 Å². The van der Waals surface area contributed by atoms with Gasteiger partial charge in [-0.15, -0.1) is 0 Å². The van der Waals surface area contributed by atoms with Gasteiger partial charge < -0.3 is 19.8 Å². The number of aliphatic hydroxyl groups is 1. The lowest BCUT2D eigenvalue weighted by atomic mass is 9.99. The minimum atomic E-state index is -0.265. The maximum atomic E-state index is 12.9. The van der Waals surface area contributed by atoms with E-state index in [2.05, 4.69) is 82.4 Å². The molecule has 8 heteroatoms. The second kappa shape index (κ2) is 12.6. The van der Waals surface area contributed by atoms with Crippen LogP contribution in [0.25, 0.3) is 50.4 Å². The lowest BCUT2D eigenvalue weighted by Gasteiger charge is -2.27. The molecule has 0 saturated carbocycles. The molecular formula is C37H46N5O3+. The fourth-order valence-corrected chi connectivity index (χ4v) is 6.21. The van der Waals surface area contributed by atoms with E-state index in [1.807, 2.05) is 20.2 Å². The highest BCUT2D eigenvalue weighted by molar-refractivity contribution is 5.96. The van der Waals surface area contributed by atoms with Gasteiger partial charge in [-0.3, -0.25) is 9.28 Å². The number of aryl methyl sites for hydroxylation is 3. The van der Waals surface area contributed by atoms with Gasteiger partial charge in [0, 0.05) is 34.1 Å². The first kappa shape index (κ1) is 32.1. The molecule has 0 radical (unpaired) electrons. The second-order valence-corrected chi connectivity index (χ2v) is 12.8. The summed E-state index contributed by atoms with van der Waals surface area (Å²) in [7, 11) is 3.86. The third-order valence-corrected chi connectivity index (χ3v) is 9.18. The minimum absolute atomic E-state index is 0.0378. The molecule has 0 fully saturated rings. The maximum Gasteiger partial charge on any atom is 0.310 e. The Balaban J connectivity index is 1.71. The number of hydrogen-bond acceptors (Lipinski definition) is 5. The fourth-order valence-electron chi connectivity index (χ4n) is 6.21. The van der Waals surface area contributed by atoms with Gasteiger partial charge in [0.25, 0.3) is 0 Å². The molecule has 0 aliphatic carbocycles. The SMILES string of the molecule is C=Cc1c(C)c2cc3nc(c(C)c4cc(C)c(cc5nc(cc1[nH]2)C(C)=C5CC)[nH]4)C(CCC(=O)OC[N+](C)(C)CCO)=C3C. The maximum absolute atomic E-state index is 12.9. The van der Waals surface area contributed by atoms with Crippen LogP contribution in [0.2, 0.25) is 0 Å². The number of aromatic amines is 2. The number of allylic oxidation sites excluding steroid dienone is 4. The van der Waals surface area contributed by atoms with Gasteiger partial charge in [-0.1, -0.05) is 19.6 Å². The Morgan fingerprint density at radius 1 is 0.889 bits per heavy atom. The van der Waals surface area contributed by atoms with Crippen LogP contribution in [0.4, 0.5) is 0 Å². The van der Waals surface area contributed by atoms with E-state index in [9.17, 15) is 9.90 Å². The molecule has 2 aliphatic rings. The van der Waals surface area contributed by atoms with Crippen molar-refractivity contribution in [3.8, 4) is 0 Å². The number of quaternary nitrogens is 1. The van der Waals surface area contributed by atoms with E-state index in [0.717, 1.165) is 84.7 Å². The smallest absolute Gasteiger partial charge is 0.310 e. The van der Waals surface area contributed by atoms with E-state index < -0.39 is 0 Å². The van der Waals surface area contributed by atoms with Gasteiger partial charge in [0.1, 0.15) is 6.54 Å². The summed E-state index contributed by atoms with van der Waals surface area (Å²) in [5, 5.41) is 9.32. The zero-order valence-electron chi connectivity index (χ0n) is 27.9. The molecule has 0 atom stereocenters. The molecule has 0 amide bonds. The van der Waals surface area contributed by atoms with Crippen molar-refractivity contribution in [2.75, 3.05) is 34.0 Å². The number of aromatic nitrogens is 4. The molecule has 3 aromatic heterocycles. The molecule has 5 rings (SSSR count). The molecule has 8 nitrogen and oxygen atoms in total. The molecule has 0 aromatic carbocycles. The van der Waals surface area contributed by atoms with Crippen LogP contribution in [0, 0.1) is 20.8 Å². The lowest BCUT2D eigenvalue weighted by molar-refractivity contribution is -0.907. The minimum Gasteiger partial charge on any atom is -0.415 e. The van der Waals surface area contributed by atoms with Gasteiger partial charge in [-0.25, -0.2) is 9.97 Å². The van der Waals surface area contributed by atoms with Crippen molar-refractivity contribution in [3.63, 3.8) is 0 Å². The van der Waals surface area contributed by atoms with Crippen molar-refractivity contribution >= 4 is 56.4 Å². The molecule has 2 aliphatic heterocycles. The summed E-state index contributed by atoms with van der Waals surface area (Å²) < 4.78 is 6.02. The number of hydrogen-bond donors (Lipinski definition) is 3. The van der Waals surface area contributed by atoms with Crippen molar-refractivity contribution in [2.24, 2.45) is 0 Å². The molecular weight excluding hydrogens is 562 g/mol. The van der Waals surface area contributed by atoms with Gasteiger partial charge in [-0.2, -0.15) is 0 Å². The van der Waals surface area contributed by atoms with Crippen molar-refractivity contribution in [1.29, 1.82) is 0 Å². The van der Waals surface area contributed by atoms with E-state index in [1.165, 1.54) is 11.1 Å². The Hall–Kier alpha value is -4.27. The van der Waals surface area contributed by atoms with Crippen LogP contribution >= 0.6 is 0 Å². The average molecular weight is 609 g/mol. The Morgan fingerprint density at radius 3 is 2.20 bits per heavy atom. The Labute approximate surface area is 265 Å². The van der Waals surface area contributed by atoms with E-state index in [0.29, 0.717) is 17.4 Å². The standard InChI is InChI=1S/C37H46N5O3/c1-10-26-23(5)32-19-35-27(11-2)22(4)31(39-35)18-33-24(6)28(12-13-36(44)45-20-42(8,9)14-15-43)37(41-33)25(7)30-16-21(3)29(38-30)17-34(26)40-32/h11,16-19,38-39,43H,2,10,12-15,20H2,1,3-9H3/q+1. The first-order valence-corrected chi connectivity index (χ1v) is 15.7. The van der Waals surface area contributed by atoms with Crippen molar-refractivity contribution < 1.29 is 19.1 Å². The van der Waals surface area contributed by atoms with E-state index in [1.54, 1.807) is 0 Å². The number of fused-ring (bicyclic) bond motifs is 8. The van der Waals surface area contributed by atoms with Crippen LogP contribution in [-0.4, -0.2) is 69.5 Å². The van der Waals surface area contributed by atoms with Gasteiger partial charge in [-0.05, 0) is 111 Å². The number of ether oxygens (including phenoxy) is 1. The zero-order chi connectivity index (χ0) is 32.6. The summed E-state index contributed by atoms with van der Waals surface area (Å²) in [6, 6.07) is 8.54. The molecule has 0 spiro atoms. The van der Waals surface area contributed by atoms with Crippen LogP contribution in [0.3, 0.4) is 0 Å². The highest BCUT2D eigenvalue weighted by Gasteiger charge is 2.23. The summed E-state index contributed by atoms with van der Waals surface area (Å²) in [6.07, 6.45) is 3.52. The summed E-state index contributed by atoms with van der Waals surface area (Å²) >= 11 is 0. The number of rotatable bonds is 9. The highest BCUT2D eigenvalue weighted by Crippen LogP contribution is 2.37. The van der Waals surface area contributed by atoms with Crippen molar-refractivity contribution in [2.45, 2.75) is 60.8 Å². The number of aliphatic hydroxyl groups excluding tert-OH is 1. The largest absolute Gasteiger partial charge is 0.415 e.